The predicted octanol–water partition coefficient (Wildman–Crippen LogP) is 5.17. The predicted molar refractivity (Wildman–Crippen MR) is 149 cm³/mol. The molecular formula is C31H36FN3O5. The number of ether oxygens (including phenoxy) is 3. The largest absolute Gasteiger partial charge is 0.494 e. The first-order valence-electron chi connectivity index (χ1n) is 13.5. The number of nitrogens with two attached hydrogens (primary N) is 1. The molecule has 0 spiro atoms. The van der Waals surface area contributed by atoms with Crippen molar-refractivity contribution in [3.8, 4) is 22.8 Å². The third kappa shape index (κ3) is 7.15. The summed E-state index contributed by atoms with van der Waals surface area (Å²) in [6.07, 6.45) is 5.72. The Bertz CT molecular complexity index is 1340. The van der Waals surface area contributed by atoms with Gasteiger partial charge in [0.25, 0.3) is 5.91 Å². The number of pyridine rings is 1. The molecule has 40 heavy (non-hydrogen) atoms. The standard InChI is InChI=1S/C31H36FN3O5/c1-19(2)28(33)31(37)39-18-22-7-6-14-34-29(22)21-11-13-26(40-23-8-4-5-9-23)24(16-21)30(36)35-17-20-10-12-27(38-3)25(32)15-20/h6-7,10-16,19,23,28H,4-5,8-9,17-18,33H2,1-3H3,(H,35,36). The number of esters is 1. The second kappa shape index (κ2) is 13.4. The van der Waals surface area contributed by atoms with E-state index in [4.69, 9.17) is 19.9 Å². The van der Waals surface area contributed by atoms with E-state index in [1.807, 2.05) is 26.0 Å². The van der Waals surface area contributed by atoms with E-state index < -0.39 is 17.8 Å². The summed E-state index contributed by atoms with van der Waals surface area (Å²) in [5.74, 6) is -0.792. The number of nitrogens with one attached hydrogen (secondary N) is 1. The molecule has 0 radical (unpaired) electrons. The van der Waals surface area contributed by atoms with Crippen LogP contribution in [0.1, 0.15) is 61.0 Å². The molecule has 212 valence electrons. The van der Waals surface area contributed by atoms with Crippen molar-refractivity contribution >= 4 is 11.9 Å². The van der Waals surface area contributed by atoms with Gasteiger partial charge in [-0.3, -0.25) is 14.6 Å². The highest BCUT2D eigenvalue weighted by molar-refractivity contribution is 5.98. The Morgan fingerprint density at radius 3 is 2.55 bits per heavy atom. The molecule has 0 aliphatic heterocycles. The number of methoxy groups -OCH3 is 1. The van der Waals surface area contributed by atoms with Crippen LogP contribution in [-0.2, 0) is 22.7 Å². The van der Waals surface area contributed by atoms with E-state index in [9.17, 15) is 14.0 Å². The van der Waals surface area contributed by atoms with Gasteiger partial charge >= 0.3 is 5.97 Å². The van der Waals surface area contributed by atoms with Gasteiger partial charge in [-0.2, -0.15) is 0 Å². The number of halogens is 1. The molecule has 3 aromatic rings. The van der Waals surface area contributed by atoms with E-state index >= 15 is 0 Å². The molecular weight excluding hydrogens is 513 g/mol. The van der Waals surface area contributed by atoms with Crippen molar-refractivity contribution in [3.63, 3.8) is 0 Å². The third-order valence-corrected chi connectivity index (χ3v) is 7.01. The van der Waals surface area contributed by atoms with Crippen molar-refractivity contribution in [3.05, 3.63) is 77.2 Å². The first-order valence-corrected chi connectivity index (χ1v) is 13.5. The summed E-state index contributed by atoms with van der Waals surface area (Å²) >= 11 is 0. The van der Waals surface area contributed by atoms with Gasteiger partial charge in [0, 0.05) is 23.9 Å². The maximum absolute atomic E-state index is 14.2. The Morgan fingerprint density at radius 2 is 1.85 bits per heavy atom. The zero-order chi connectivity index (χ0) is 28.6. The number of aromatic nitrogens is 1. The van der Waals surface area contributed by atoms with E-state index in [-0.39, 0.29) is 36.8 Å². The topological polar surface area (TPSA) is 113 Å². The summed E-state index contributed by atoms with van der Waals surface area (Å²) in [5, 5.41) is 2.87. The maximum atomic E-state index is 14.2. The number of hydrogen-bond donors (Lipinski definition) is 2. The average molecular weight is 550 g/mol. The van der Waals surface area contributed by atoms with Gasteiger partial charge < -0.3 is 25.3 Å². The third-order valence-electron chi connectivity index (χ3n) is 7.01. The van der Waals surface area contributed by atoms with Crippen molar-refractivity contribution < 1.29 is 28.2 Å². The minimum absolute atomic E-state index is 0.00663. The molecule has 1 saturated carbocycles. The maximum Gasteiger partial charge on any atom is 0.323 e. The summed E-state index contributed by atoms with van der Waals surface area (Å²) in [4.78, 5) is 30.3. The van der Waals surface area contributed by atoms with Gasteiger partial charge in [0.05, 0.1) is 24.5 Å². The quantitative estimate of drug-likeness (QED) is 0.317. The summed E-state index contributed by atoms with van der Waals surface area (Å²) in [7, 11) is 1.40. The monoisotopic (exact) mass is 549 g/mol. The molecule has 3 N–H and O–H groups in total. The van der Waals surface area contributed by atoms with Gasteiger partial charge in [0.1, 0.15) is 18.4 Å². The van der Waals surface area contributed by atoms with Crippen molar-refractivity contribution in [2.45, 2.75) is 64.8 Å². The van der Waals surface area contributed by atoms with Crippen LogP contribution >= 0.6 is 0 Å². The summed E-state index contributed by atoms with van der Waals surface area (Å²) in [6.45, 7) is 3.82. The second-order valence-electron chi connectivity index (χ2n) is 10.3. The lowest BCUT2D eigenvalue weighted by Gasteiger charge is -2.18. The van der Waals surface area contributed by atoms with Crippen LogP contribution in [0.5, 0.6) is 11.5 Å². The highest BCUT2D eigenvalue weighted by Crippen LogP contribution is 2.31. The molecule has 0 bridgehead atoms. The van der Waals surface area contributed by atoms with Crippen LogP contribution in [0.3, 0.4) is 0 Å². The molecule has 1 aromatic heterocycles. The van der Waals surface area contributed by atoms with Crippen molar-refractivity contribution in [2.24, 2.45) is 11.7 Å². The van der Waals surface area contributed by atoms with Gasteiger partial charge in [-0.1, -0.05) is 26.0 Å². The Hall–Kier alpha value is -3.98. The van der Waals surface area contributed by atoms with Gasteiger partial charge in [-0.25, -0.2) is 4.39 Å². The molecule has 8 nitrogen and oxygen atoms in total. The van der Waals surface area contributed by atoms with Crippen molar-refractivity contribution in [1.82, 2.24) is 10.3 Å². The zero-order valence-corrected chi connectivity index (χ0v) is 23.1. The van der Waals surface area contributed by atoms with E-state index in [2.05, 4.69) is 10.3 Å². The first kappa shape index (κ1) is 29.0. The highest BCUT2D eigenvalue weighted by atomic mass is 19.1. The van der Waals surface area contributed by atoms with Gasteiger partial charge in [0.15, 0.2) is 11.6 Å². The number of rotatable bonds is 11. The number of benzene rings is 2. The van der Waals surface area contributed by atoms with Gasteiger partial charge in [-0.15, -0.1) is 0 Å². The van der Waals surface area contributed by atoms with Crippen LogP contribution in [-0.4, -0.2) is 36.1 Å². The lowest BCUT2D eigenvalue weighted by Crippen LogP contribution is -2.36. The van der Waals surface area contributed by atoms with Crippen LogP contribution in [0.2, 0.25) is 0 Å². The molecule has 0 saturated heterocycles. The lowest BCUT2D eigenvalue weighted by molar-refractivity contribution is -0.147. The van der Waals surface area contributed by atoms with E-state index in [1.165, 1.54) is 19.2 Å². The van der Waals surface area contributed by atoms with Gasteiger partial charge in [-0.05, 0) is 73.6 Å². The first-order chi connectivity index (χ1) is 19.3. The summed E-state index contributed by atoms with van der Waals surface area (Å²) in [5.41, 5.74) is 8.78. The molecule has 9 heteroatoms. The fourth-order valence-corrected chi connectivity index (χ4v) is 4.57. The van der Waals surface area contributed by atoms with Crippen LogP contribution in [0, 0.1) is 11.7 Å². The number of carbonyl (C=O) groups excluding carboxylic acids is 2. The highest BCUT2D eigenvalue weighted by Gasteiger charge is 2.23. The summed E-state index contributed by atoms with van der Waals surface area (Å²) in [6, 6.07) is 12.7. The minimum atomic E-state index is -0.721. The molecule has 4 rings (SSSR count). The minimum Gasteiger partial charge on any atom is -0.494 e. The normalized spacial score (nSPS) is 14.2. The van der Waals surface area contributed by atoms with Crippen molar-refractivity contribution in [2.75, 3.05) is 7.11 Å². The SMILES string of the molecule is COc1ccc(CNC(=O)c2cc(-c3ncccc3COC(=O)C(N)C(C)C)ccc2OC2CCCC2)cc1F. The Morgan fingerprint density at radius 1 is 1.10 bits per heavy atom. The van der Waals surface area contributed by atoms with Crippen LogP contribution < -0.4 is 20.5 Å². The second-order valence-corrected chi connectivity index (χ2v) is 10.3. The Labute approximate surface area is 234 Å². The zero-order valence-electron chi connectivity index (χ0n) is 23.1. The molecule has 1 atom stereocenters. The molecule has 1 heterocycles. The molecule has 1 aliphatic rings. The average Bonchev–Trinajstić information content (AvgIpc) is 3.47. The Kier molecular flexibility index (Phi) is 9.71. The van der Waals surface area contributed by atoms with Crippen LogP contribution in [0.4, 0.5) is 4.39 Å². The van der Waals surface area contributed by atoms with E-state index in [0.717, 1.165) is 25.7 Å². The number of carbonyl (C=O) groups is 2. The fraction of sp³-hybridized carbons (Fsp3) is 0.387. The molecule has 1 fully saturated rings. The molecule has 1 unspecified atom stereocenters. The Balaban J connectivity index is 1.59. The lowest BCUT2D eigenvalue weighted by atomic mass is 10.0. The molecule has 2 aromatic carbocycles. The smallest absolute Gasteiger partial charge is 0.323 e. The molecule has 1 amide bonds. The van der Waals surface area contributed by atoms with Crippen LogP contribution in [0.15, 0.2) is 54.7 Å². The number of amides is 1. The van der Waals surface area contributed by atoms with Crippen molar-refractivity contribution in [1.29, 1.82) is 0 Å². The van der Waals surface area contributed by atoms with E-state index in [0.29, 0.717) is 33.7 Å². The number of nitrogens with zero attached hydrogens (tertiary/aromatic N) is 1. The number of hydrogen-bond acceptors (Lipinski definition) is 7. The fourth-order valence-electron chi connectivity index (χ4n) is 4.57. The molecule has 1 aliphatic carbocycles. The summed E-state index contributed by atoms with van der Waals surface area (Å²) < 4.78 is 30.8. The van der Waals surface area contributed by atoms with E-state index in [1.54, 1.807) is 30.5 Å². The van der Waals surface area contributed by atoms with Crippen LogP contribution in [0.25, 0.3) is 11.3 Å². The van der Waals surface area contributed by atoms with Gasteiger partial charge in [0.2, 0.25) is 0 Å².